The fourth-order valence-electron chi connectivity index (χ4n) is 2.09. The third kappa shape index (κ3) is 6.19. The van der Waals surface area contributed by atoms with Crippen LogP contribution in [0.1, 0.15) is 29.2 Å². The molecule has 0 spiro atoms. The van der Waals surface area contributed by atoms with Crippen LogP contribution in [0.3, 0.4) is 0 Å². The molecule has 0 saturated carbocycles. The SMILES string of the molecule is CCOCCOCCOCc1c(C)cc(C)cc1C. The Kier molecular flexibility index (Phi) is 7.72. The van der Waals surface area contributed by atoms with Gasteiger partial charge in [-0.15, -0.1) is 0 Å². The summed E-state index contributed by atoms with van der Waals surface area (Å²) >= 11 is 0. The number of hydrogen-bond donors (Lipinski definition) is 0. The van der Waals surface area contributed by atoms with Crippen LogP contribution in [0.2, 0.25) is 0 Å². The van der Waals surface area contributed by atoms with E-state index in [-0.39, 0.29) is 0 Å². The molecule has 0 atom stereocenters. The Balaban J connectivity index is 2.19. The van der Waals surface area contributed by atoms with Crippen LogP contribution >= 0.6 is 0 Å². The number of rotatable bonds is 9. The Morgan fingerprint density at radius 1 is 0.789 bits per heavy atom. The summed E-state index contributed by atoms with van der Waals surface area (Å²) in [6.07, 6.45) is 0. The first-order valence-corrected chi connectivity index (χ1v) is 6.95. The maximum Gasteiger partial charge on any atom is 0.0723 e. The summed E-state index contributed by atoms with van der Waals surface area (Å²) in [5.74, 6) is 0. The average molecular weight is 266 g/mol. The van der Waals surface area contributed by atoms with E-state index in [0.29, 0.717) is 33.0 Å². The molecule has 1 rings (SSSR count). The minimum Gasteiger partial charge on any atom is -0.379 e. The Morgan fingerprint density at radius 3 is 1.89 bits per heavy atom. The lowest BCUT2D eigenvalue weighted by Crippen LogP contribution is -2.09. The molecule has 1 aromatic rings. The molecule has 0 heterocycles. The molecule has 0 amide bonds. The number of aryl methyl sites for hydroxylation is 3. The maximum atomic E-state index is 5.66. The van der Waals surface area contributed by atoms with Gasteiger partial charge in [-0.2, -0.15) is 0 Å². The molecule has 0 aliphatic rings. The van der Waals surface area contributed by atoms with Crippen molar-refractivity contribution in [1.82, 2.24) is 0 Å². The highest BCUT2D eigenvalue weighted by Crippen LogP contribution is 2.17. The van der Waals surface area contributed by atoms with E-state index in [9.17, 15) is 0 Å². The quantitative estimate of drug-likeness (QED) is 0.642. The zero-order chi connectivity index (χ0) is 14.1. The van der Waals surface area contributed by atoms with Crippen molar-refractivity contribution in [3.63, 3.8) is 0 Å². The minimum absolute atomic E-state index is 0.622. The summed E-state index contributed by atoms with van der Waals surface area (Å²) in [5, 5.41) is 0. The van der Waals surface area contributed by atoms with Crippen molar-refractivity contribution in [1.29, 1.82) is 0 Å². The minimum atomic E-state index is 0.622. The Morgan fingerprint density at radius 2 is 1.32 bits per heavy atom. The lowest BCUT2D eigenvalue weighted by molar-refractivity contribution is 0.0126. The molecule has 0 aromatic heterocycles. The molecule has 0 saturated heterocycles. The Bertz CT molecular complexity index is 351. The van der Waals surface area contributed by atoms with E-state index in [1.807, 2.05) is 6.92 Å². The van der Waals surface area contributed by atoms with Crippen molar-refractivity contribution in [2.24, 2.45) is 0 Å². The molecule has 0 aliphatic heterocycles. The van der Waals surface area contributed by atoms with Gasteiger partial charge in [0, 0.05) is 6.61 Å². The van der Waals surface area contributed by atoms with Crippen molar-refractivity contribution >= 4 is 0 Å². The van der Waals surface area contributed by atoms with Gasteiger partial charge in [-0.25, -0.2) is 0 Å². The fourth-order valence-corrected chi connectivity index (χ4v) is 2.09. The second-order valence-electron chi connectivity index (χ2n) is 4.74. The molecule has 0 aliphatic carbocycles. The summed E-state index contributed by atoms with van der Waals surface area (Å²) in [7, 11) is 0. The summed E-state index contributed by atoms with van der Waals surface area (Å²) < 4.78 is 16.3. The molecule has 0 bridgehead atoms. The molecule has 0 fully saturated rings. The zero-order valence-corrected chi connectivity index (χ0v) is 12.6. The van der Waals surface area contributed by atoms with Crippen LogP contribution < -0.4 is 0 Å². The van der Waals surface area contributed by atoms with Gasteiger partial charge in [-0.3, -0.25) is 0 Å². The standard InChI is InChI=1S/C16H26O3/c1-5-17-6-7-18-8-9-19-12-16-14(3)10-13(2)11-15(16)4/h10-11H,5-9,12H2,1-4H3. The Hall–Kier alpha value is -0.900. The summed E-state index contributed by atoms with van der Waals surface area (Å²) in [6.45, 7) is 12.3. The van der Waals surface area contributed by atoms with Crippen LogP contribution in [-0.4, -0.2) is 33.0 Å². The average Bonchev–Trinajstić information content (AvgIpc) is 2.35. The largest absolute Gasteiger partial charge is 0.379 e. The van der Waals surface area contributed by atoms with E-state index >= 15 is 0 Å². The van der Waals surface area contributed by atoms with E-state index in [0.717, 1.165) is 6.61 Å². The normalized spacial score (nSPS) is 10.9. The van der Waals surface area contributed by atoms with Crippen molar-refractivity contribution in [3.05, 3.63) is 34.4 Å². The Labute approximate surface area is 116 Å². The van der Waals surface area contributed by atoms with Gasteiger partial charge in [0.1, 0.15) is 0 Å². The van der Waals surface area contributed by atoms with Gasteiger partial charge in [0.15, 0.2) is 0 Å². The van der Waals surface area contributed by atoms with Gasteiger partial charge in [0.2, 0.25) is 0 Å². The first-order chi connectivity index (χ1) is 9.15. The molecule has 3 heteroatoms. The van der Waals surface area contributed by atoms with Gasteiger partial charge >= 0.3 is 0 Å². The predicted molar refractivity (Wildman–Crippen MR) is 77.6 cm³/mol. The number of benzene rings is 1. The van der Waals surface area contributed by atoms with Gasteiger partial charge < -0.3 is 14.2 Å². The van der Waals surface area contributed by atoms with Gasteiger partial charge in [0.25, 0.3) is 0 Å². The first kappa shape index (κ1) is 16.2. The monoisotopic (exact) mass is 266 g/mol. The molecule has 0 N–H and O–H groups in total. The first-order valence-electron chi connectivity index (χ1n) is 6.95. The van der Waals surface area contributed by atoms with E-state index in [1.165, 1.54) is 22.3 Å². The van der Waals surface area contributed by atoms with Crippen molar-refractivity contribution < 1.29 is 14.2 Å². The van der Waals surface area contributed by atoms with Crippen LogP contribution in [-0.2, 0) is 20.8 Å². The van der Waals surface area contributed by atoms with Crippen LogP contribution in [0.15, 0.2) is 12.1 Å². The molecule has 0 unspecified atom stereocenters. The van der Waals surface area contributed by atoms with Crippen molar-refractivity contribution in [2.75, 3.05) is 33.0 Å². The molecule has 108 valence electrons. The summed E-state index contributed by atoms with van der Waals surface area (Å²) in [4.78, 5) is 0. The molecular weight excluding hydrogens is 240 g/mol. The van der Waals surface area contributed by atoms with Crippen molar-refractivity contribution in [2.45, 2.75) is 34.3 Å². The summed E-state index contributed by atoms with van der Waals surface area (Å²) in [5.41, 5.74) is 5.20. The fraction of sp³-hybridized carbons (Fsp3) is 0.625. The van der Waals surface area contributed by atoms with Crippen molar-refractivity contribution in [3.8, 4) is 0 Å². The lowest BCUT2D eigenvalue weighted by atomic mass is 10.0. The third-order valence-corrected chi connectivity index (χ3v) is 3.03. The van der Waals surface area contributed by atoms with Crippen LogP contribution in [0.4, 0.5) is 0 Å². The topological polar surface area (TPSA) is 27.7 Å². The van der Waals surface area contributed by atoms with Crippen LogP contribution in [0, 0.1) is 20.8 Å². The second kappa shape index (κ2) is 9.08. The van der Waals surface area contributed by atoms with Crippen LogP contribution in [0.25, 0.3) is 0 Å². The molecule has 3 nitrogen and oxygen atoms in total. The zero-order valence-electron chi connectivity index (χ0n) is 12.6. The molecule has 19 heavy (non-hydrogen) atoms. The highest BCUT2D eigenvalue weighted by atomic mass is 16.5. The number of ether oxygens (including phenoxy) is 3. The van der Waals surface area contributed by atoms with E-state index < -0.39 is 0 Å². The predicted octanol–water partition coefficient (Wildman–Crippen LogP) is 3.18. The molecular formula is C16H26O3. The molecule has 0 radical (unpaired) electrons. The van der Waals surface area contributed by atoms with Gasteiger partial charge in [0.05, 0.1) is 33.0 Å². The van der Waals surface area contributed by atoms with Gasteiger partial charge in [-0.1, -0.05) is 17.7 Å². The lowest BCUT2D eigenvalue weighted by Gasteiger charge is -2.12. The maximum absolute atomic E-state index is 5.66. The highest BCUT2D eigenvalue weighted by Gasteiger charge is 2.03. The van der Waals surface area contributed by atoms with E-state index in [2.05, 4.69) is 32.9 Å². The highest BCUT2D eigenvalue weighted by molar-refractivity contribution is 5.36. The second-order valence-corrected chi connectivity index (χ2v) is 4.74. The van der Waals surface area contributed by atoms with Crippen LogP contribution in [0.5, 0.6) is 0 Å². The summed E-state index contributed by atoms with van der Waals surface area (Å²) in [6, 6.07) is 4.40. The van der Waals surface area contributed by atoms with E-state index in [4.69, 9.17) is 14.2 Å². The number of hydrogen-bond acceptors (Lipinski definition) is 3. The smallest absolute Gasteiger partial charge is 0.0723 e. The van der Waals surface area contributed by atoms with E-state index in [1.54, 1.807) is 0 Å². The molecule has 1 aromatic carbocycles. The van der Waals surface area contributed by atoms with Gasteiger partial charge in [-0.05, 0) is 44.4 Å². The third-order valence-electron chi connectivity index (χ3n) is 3.03.